The number of esters is 1. The van der Waals surface area contributed by atoms with E-state index in [9.17, 15) is 4.79 Å². The maximum atomic E-state index is 10.6. The van der Waals surface area contributed by atoms with E-state index in [0.29, 0.717) is 21.3 Å². The molecule has 0 spiro atoms. The van der Waals surface area contributed by atoms with Crippen molar-refractivity contribution in [1.29, 1.82) is 0 Å². The van der Waals surface area contributed by atoms with Crippen LogP contribution in [0.25, 0.3) is 0 Å². The van der Waals surface area contributed by atoms with Gasteiger partial charge in [-0.15, -0.1) is 0 Å². The lowest BCUT2D eigenvalue weighted by molar-refractivity contribution is -0.137. The van der Waals surface area contributed by atoms with E-state index >= 15 is 0 Å². The summed E-state index contributed by atoms with van der Waals surface area (Å²) < 4.78 is 4.73. The maximum Gasteiger partial charge on any atom is 0.332 e. The number of hydrogen-bond donors (Lipinski definition) is 0. The molecule has 0 saturated carbocycles. The topological polar surface area (TPSA) is 26.3 Å². The fourth-order valence-corrected chi connectivity index (χ4v) is 0.536. The van der Waals surface area contributed by atoms with Gasteiger partial charge in [0.25, 0.3) is 0 Å². The summed E-state index contributed by atoms with van der Waals surface area (Å²) in [6, 6.07) is 0. The lowest BCUT2D eigenvalue weighted by Crippen LogP contribution is -2.08. The Morgan fingerprint density at radius 3 is 2.67 bits per heavy atom. The molecular weight excluding hydrogens is 132 g/mol. The second-order valence-corrected chi connectivity index (χ2v) is 2.71. The summed E-state index contributed by atoms with van der Waals surface area (Å²) in [4.78, 5) is 10.6. The third-order valence-electron chi connectivity index (χ3n) is 0.696. The van der Waals surface area contributed by atoms with Gasteiger partial charge in [0.15, 0.2) is 0 Å². The highest BCUT2D eigenvalue weighted by Gasteiger charge is 1.99. The molecule has 50 valence electrons. The molecule has 0 aromatic heterocycles. The van der Waals surface area contributed by atoms with Crippen molar-refractivity contribution < 1.29 is 9.53 Å². The van der Waals surface area contributed by atoms with Crippen molar-refractivity contribution in [2.45, 2.75) is 13.5 Å². The molecule has 0 aromatic rings. The predicted octanol–water partition coefficient (Wildman–Crippen LogP) is 0.816. The SMILES string of the molecule is C=C(C)C(=O)OC[Si]C. The number of carbonyl (C=O) groups is 1. The molecule has 2 nitrogen and oxygen atoms in total. The van der Waals surface area contributed by atoms with Crippen LogP contribution in [0.4, 0.5) is 0 Å². The lowest BCUT2D eigenvalue weighted by Gasteiger charge is -1.99. The fourth-order valence-electron chi connectivity index (χ4n) is 0.261. The molecule has 0 unspecified atom stereocenters. The molecule has 0 bridgehead atoms. The summed E-state index contributed by atoms with van der Waals surface area (Å²) in [5.74, 6) is -0.288. The molecule has 0 aliphatic rings. The average molecular weight is 142 g/mol. The van der Waals surface area contributed by atoms with E-state index in [2.05, 4.69) is 6.58 Å². The van der Waals surface area contributed by atoms with Gasteiger partial charge >= 0.3 is 5.97 Å². The minimum absolute atomic E-state index is 0.288. The Morgan fingerprint density at radius 2 is 2.33 bits per heavy atom. The smallest absolute Gasteiger partial charge is 0.332 e. The highest BCUT2D eigenvalue weighted by Crippen LogP contribution is 1.89. The van der Waals surface area contributed by atoms with Crippen molar-refractivity contribution in [3.05, 3.63) is 12.2 Å². The lowest BCUT2D eigenvalue weighted by atomic mass is 10.4. The van der Waals surface area contributed by atoms with Gasteiger partial charge < -0.3 is 4.74 Å². The molecule has 0 aliphatic heterocycles. The standard InChI is InChI=1S/C6H10O2Si/c1-5(2)6(7)8-4-9-3/h1,4H2,2-3H3. The highest BCUT2D eigenvalue weighted by atomic mass is 28.2. The Balaban J connectivity index is 3.39. The van der Waals surface area contributed by atoms with Gasteiger partial charge in [0, 0.05) is 5.57 Å². The van der Waals surface area contributed by atoms with Crippen molar-refractivity contribution >= 4 is 15.5 Å². The summed E-state index contributed by atoms with van der Waals surface area (Å²) in [6.07, 6.45) is 0.520. The molecule has 0 aromatic carbocycles. The van der Waals surface area contributed by atoms with Gasteiger partial charge in [-0.05, 0) is 6.92 Å². The zero-order valence-electron chi connectivity index (χ0n) is 5.73. The normalized spacial score (nSPS) is 8.67. The van der Waals surface area contributed by atoms with Crippen LogP contribution in [0.3, 0.4) is 0 Å². The second kappa shape index (κ2) is 4.32. The minimum Gasteiger partial charge on any atom is -0.467 e. The van der Waals surface area contributed by atoms with Crippen LogP contribution in [0.2, 0.25) is 6.55 Å². The van der Waals surface area contributed by atoms with Gasteiger partial charge in [-0.2, -0.15) is 0 Å². The molecular formula is C6H10O2Si. The first-order valence-electron chi connectivity index (χ1n) is 2.65. The van der Waals surface area contributed by atoms with E-state index in [4.69, 9.17) is 4.74 Å². The first kappa shape index (κ1) is 8.43. The summed E-state index contributed by atoms with van der Waals surface area (Å²) in [5.41, 5.74) is 0.466. The van der Waals surface area contributed by atoms with Crippen molar-refractivity contribution in [1.82, 2.24) is 0 Å². The molecule has 0 amide bonds. The molecule has 0 heterocycles. The van der Waals surface area contributed by atoms with E-state index in [1.807, 2.05) is 6.55 Å². The minimum atomic E-state index is -0.288. The van der Waals surface area contributed by atoms with Crippen LogP contribution < -0.4 is 0 Å². The third-order valence-corrected chi connectivity index (χ3v) is 1.13. The Hall–Kier alpha value is -0.573. The van der Waals surface area contributed by atoms with Gasteiger partial charge in [0.1, 0.15) is 0 Å². The molecule has 0 rings (SSSR count). The first-order chi connectivity index (χ1) is 4.18. The van der Waals surface area contributed by atoms with Gasteiger partial charge in [0.2, 0.25) is 0 Å². The predicted molar refractivity (Wildman–Crippen MR) is 37.4 cm³/mol. The fraction of sp³-hybridized carbons (Fsp3) is 0.500. The van der Waals surface area contributed by atoms with Gasteiger partial charge in [-0.25, -0.2) is 4.79 Å². The van der Waals surface area contributed by atoms with Gasteiger partial charge in [-0.3, -0.25) is 0 Å². The summed E-state index contributed by atoms with van der Waals surface area (Å²) in [5, 5.41) is 0. The van der Waals surface area contributed by atoms with E-state index in [1.165, 1.54) is 0 Å². The van der Waals surface area contributed by atoms with Crippen LogP contribution in [-0.2, 0) is 9.53 Å². The zero-order valence-corrected chi connectivity index (χ0v) is 6.73. The quantitative estimate of drug-likeness (QED) is 0.331. The van der Waals surface area contributed by atoms with E-state index in [0.717, 1.165) is 0 Å². The molecule has 2 radical (unpaired) electrons. The van der Waals surface area contributed by atoms with E-state index in [-0.39, 0.29) is 5.97 Å². The number of rotatable bonds is 3. The van der Waals surface area contributed by atoms with Crippen molar-refractivity contribution in [3.63, 3.8) is 0 Å². The molecule has 0 atom stereocenters. The summed E-state index contributed by atoms with van der Waals surface area (Å²) in [7, 11) is 0.659. The third kappa shape index (κ3) is 3.97. The molecule has 0 fully saturated rings. The maximum absolute atomic E-state index is 10.6. The highest BCUT2D eigenvalue weighted by molar-refractivity contribution is 6.33. The molecule has 0 aliphatic carbocycles. The summed E-state index contributed by atoms with van der Waals surface area (Å²) in [6.45, 7) is 7.05. The van der Waals surface area contributed by atoms with Crippen LogP contribution >= 0.6 is 0 Å². The van der Waals surface area contributed by atoms with E-state index < -0.39 is 0 Å². The molecule has 0 N–H and O–H groups in total. The zero-order chi connectivity index (χ0) is 7.28. The van der Waals surface area contributed by atoms with Crippen molar-refractivity contribution in [2.75, 3.05) is 6.23 Å². The summed E-state index contributed by atoms with van der Waals surface area (Å²) >= 11 is 0. The number of ether oxygens (including phenoxy) is 1. The monoisotopic (exact) mass is 142 g/mol. The Morgan fingerprint density at radius 1 is 1.78 bits per heavy atom. The van der Waals surface area contributed by atoms with Gasteiger partial charge in [-0.1, -0.05) is 13.1 Å². The van der Waals surface area contributed by atoms with Crippen molar-refractivity contribution in [2.24, 2.45) is 0 Å². The van der Waals surface area contributed by atoms with E-state index in [1.54, 1.807) is 6.92 Å². The van der Waals surface area contributed by atoms with Crippen molar-refractivity contribution in [3.8, 4) is 0 Å². The number of carbonyl (C=O) groups excluding carboxylic acids is 1. The van der Waals surface area contributed by atoms with Crippen LogP contribution in [0.15, 0.2) is 12.2 Å². The molecule has 9 heavy (non-hydrogen) atoms. The Kier molecular flexibility index (Phi) is 4.04. The van der Waals surface area contributed by atoms with Crippen LogP contribution in [-0.4, -0.2) is 21.7 Å². The van der Waals surface area contributed by atoms with Crippen LogP contribution in [0.1, 0.15) is 6.92 Å². The molecule has 3 heteroatoms. The first-order valence-corrected chi connectivity index (χ1v) is 4.36. The van der Waals surface area contributed by atoms with Crippen LogP contribution in [0.5, 0.6) is 0 Å². The average Bonchev–Trinajstić information content (AvgIpc) is 1.82. The number of hydrogen-bond acceptors (Lipinski definition) is 2. The molecule has 0 saturated heterocycles. The Labute approximate surface area is 57.7 Å². The van der Waals surface area contributed by atoms with Crippen LogP contribution in [0, 0.1) is 0 Å². The van der Waals surface area contributed by atoms with Gasteiger partial charge in [0.05, 0.1) is 15.7 Å². The Bertz CT molecular complexity index is 120. The largest absolute Gasteiger partial charge is 0.467 e. The second-order valence-electron chi connectivity index (χ2n) is 1.71.